The highest BCUT2D eigenvalue weighted by atomic mass is 32.2. The molecule has 1 amide bonds. The Kier molecular flexibility index (Phi) is 7.66. The number of nitrogens with zero attached hydrogens (tertiary/aromatic N) is 1. The first-order chi connectivity index (χ1) is 14.1. The van der Waals surface area contributed by atoms with E-state index in [4.69, 9.17) is 9.47 Å². The Labute approximate surface area is 176 Å². The first-order valence-electron chi connectivity index (χ1n) is 9.39. The van der Waals surface area contributed by atoms with Gasteiger partial charge in [0.2, 0.25) is 15.9 Å². The van der Waals surface area contributed by atoms with Crippen LogP contribution in [-0.2, 0) is 14.8 Å². The molecule has 0 saturated carbocycles. The van der Waals surface area contributed by atoms with Crippen molar-refractivity contribution in [3.05, 3.63) is 53.8 Å². The number of amides is 1. The molecule has 2 aromatic rings. The van der Waals surface area contributed by atoms with E-state index in [1.165, 1.54) is 26.4 Å². The molecule has 0 aliphatic rings. The summed E-state index contributed by atoms with van der Waals surface area (Å²) in [5.74, 6) is 0.186. The molecule has 0 saturated heterocycles. The van der Waals surface area contributed by atoms with E-state index in [1.54, 1.807) is 32.0 Å². The van der Waals surface area contributed by atoms with Crippen molar-refractivity contribution < 1.29 is 27.1 Å². The molecule has 9 heteroatoms. The fraction of sp³-hybridized carbons (Fsp3) is 0.381. The van der Waals surface area contributed by atoms with Gasteiger partial charge < -0.3 is 14.8 Å². The summed E-state index contributed by atoms with van der Waals surface area (Å²) in [6, 6.07) is 8.71. The topological polar surface area (TPSA) is 84.9 Å². The highest BCUT2D eigenvalue weighted by Crippen LogP contribution is 2.30. The van der Waals surface area contributed by atoms with Gasteiger partial charge in [0.15, 0.2) is 0 Å². The molecule has 164 valence electrons. The minimum Gasteiger partial charge on any atom is -0.497 e. The Hall–Kier alpha value is -2.81. The van der Waals surface area contributed by atoms with Gasteiger partial charge in [0.25, 0.3) is 0 Å². The molecule has 0 aliphatic heterocycles. The normalized spacial score (nSPS) is 13.3. The lowest BCUT2D eigenvalue weighted by Crippen LogP contribution is -2.49. The van der Waals surface area contributed by atoms with Crippen molar-refractivity contribution in [2.45, 2.75) is 32.4 Å². The number of carbonyl (C=O) groups is 1. The summed E-state index contributed by atoms with van der Waals surface area (Å²) in [6.45, 7) is 3.48. The van der Waals surface area contributed by atoms with Crippen molar-refractivity contribution in [3.8, 4) is 11.5 Å². The molecule has 0 heterocycles. The molecule has 0 aliphatic carbocycles. The standard InChI is InChI=1S/C21H27FN2O5S/c1-6-19(24(30(5,26)27)16-9-7-15(22)8-10-16)21(25)23-14(2)18-13-17(28-3)11-12-20(18)29-4/h7-14,19H,6H2,1-5H3,(H,23,25)/t14-,19-/m1/s1. The van der Waals surface area contributed by atoms with E-state index in [0.29, 0.717) is 17.1 Å². The van der Waals surface area contributed by atoms with Crippen LogP contribution in [0.5, 0.6) is 11.5 Å². The third kappa shape index (κ3) is 5.41. The second-order valence-corrected chi connectivity index (χ2v) is 8.66. The van der Waals surface area contributed by atoms with Gasteiger partial charge in [-0.25, -0.2) is 12.8 Å². The number of sulfonamides is 1. The fourth-order valence-corrected chi connectivity index (χ4v) is 4.43. The second-order valence-electron chi connectivity index (χ2n) is 6.80. The number of benzene rings is 2. The predicted molar refractivity (Wildman–Crippen MR) is 114 cm³/mol. The van der Waals surface area contributed by atoms with Gasteiger partial charge in [0.05, 0.1) is 32.2 Å². The highest BCUT2D eigenvalue weighted by molar-refractivity contribution is 7.92. The summed E-state index contributed by atoms with van der Waals surface area (Å²) >= 11 is 0. The van der Waals surface area contributed by atoms with Gasteiger partial charge in [-0.2, -0.15) is 0 Å². The van der Waals surface area contributed by atoms with Crippen LogP contribution < -0.4 is 19.1 Å². The van der Waals surface area contributed by atoms with Crippen molar-refractivity contribution in [1.29, 1.82) is 0 Å². The summed E-state index contributed by atoms with van der Waals surface area (Å²) in [4.78, 5) is 13.1. The van der Waals surface area contributed by atoms with E-state index in [1.807, 2.05) is 0 Å². The summed E-state index contributed by atoms with van der Waals surface area (Å²) in [5, 5.41) is 2.85. The molecule has 0 spiro atoms. The van der Waals surface area contributed by atoms with Crippen LogP contribution in [-0.4, -0.2) is 40.8 Å². The lowest BCUT2D eigenvalue weighted by Gasteiger charge is -2.31. The van der Waals surface area contributed by atoms with E-state index < -0.39 is 33.8 Å². The number of rotatable bonds is 9. The molecular formula is C21H27FN2O5S. The molecule has 2 aromatic carbocycles. The molecule has 0 unspecified atom stereocenters. The Morgan fingerprint density at radius 2 is 1.77 bits per heavy atom. The maximum atomic E-state index is 13.3. The van der Waals surface area contributed by atoms with Gasteiger partial charge in [0.1, 0.15) is 23.4 Å². The average Bonchev–Trinajstić information content (AvgIpc) is 2.71. The number of carbonyl (C=O) groups excluding carboxylic acids is 1. The van der Waals surface area contributed by atoms with Gasteiger partial charge in [-0.05, 0) is 55.8 Å². The van der Waals surface area contributed by atoms with Crippen molar-refractivity contribution in [1.82, 2.24) is 5.32 Å². The number of anilines is 1. The van der Waals surface area contributed by atoms with E-state index in [2.05, 4.69) is 5.32 Å². The molecule has 2 atom stereocenters. The molecular weight excluding hydrogens is 411 g/mol. The monoisotopic (exact) mass is 438 g/mol. The number of hydrogen-bond acceptors (Lipinski definition) is 5. The lowest BCUT2D eigenvalue weighted by molar-refractivity contribution is -0.122. The van der Waals surface area contributed by atoms with E-state index in [9.17, 15) is 17.6 Å². The van der Waals surface area contributed by atoms with Crippen LogP contribution in [0.25, 0.3) is 0 Å². The molecule has 0 fully saturated rings. The molecule has 30 heavy (non-hydrogen) atoms. The second kappa shape index (κ2) is 9.80. The summed E-state index contributed by atoms with van der Waals surface area (Å²) in [6.07, 6.45) is 1.24. The van der Waals surface area contributed by atoms with Crippen LogP contribution in [0.1, 0.15) is 31.9 Å². The maximum absolute atomic E-state index is 13.3. The molecule has 0 radical (unpaired) electrons. The zero-order chi connectivity index (χ0) is 22.5. The molecule has 2 rings (SSSR count). The number of hydrogen-bond donors (Lipinski definition) is 1. The number of halogens is 1. The largest absolute Gasteiger partial charge is 0.497 e. The first kappa shape index (κ1) is 23.5. The van der Waals surface area contributed by atoms with Crippen LogP contribution in [0.4, 0.5) is 10.1 Å². The van der Waals surface area contributed by atoms with E-state index >= 15 is 0 Å². The van der Waals surface area contributed by atoms with Crippen molar-refractivity contribution >= 4 is 21.6 Å². The first-order valence-corrected chi connectivity index (χ1v) is 11.2. The Balaban J connectivity index is 2.35. The molecule has 7 nitrogen and oxygen atoms in total. The zero-order valence-electron chi connectivity index (χ0n) is 17.7. The Morgan fingerprint density at radius 3 is 2.27 bits per heavy atom. The minimum atomic E-state index is -3.81. The van der Waals surface area contributed by atoms with Gasteiger partial charge >= 0.3 is 0 Å². The average molecular weight is 439 g/mol. The number of methoxy groups -OCH3 is 2. The van der Waals surface area contributed by atoms with Crippen LogP contribution in [0.2, 0.25) is 0 Å². The lowest BCUT2D eigenvalue weighted by atomic mass is 10.1. The van der Waals surface area contributed by atoms with Crippen LogP contribution in [0.15, 0.2) is 42.5 Å². The van der Waals surface area contributed by atoms with Crippen LogP contribution >= 0.6 is 0 Å². The molecule has 0 bridgehead atoms. The smallest absolute Gasteiger partial charge is 0.244 e. The molecule has 0 aromatic heterocycles. The van der Waals surface area contributed by atoms with Crippen molar-refractivity contribution in [2.75, 3.05) is 24.8 Å². The van der Waals surface area contributed by atoms with Gasteiger partial charge in [-0.3, -0.25) is 9.10 Å². The highest BCUT2D eigenvalue weighted by Gasteiger charge is 2.32. The quantitative estimate of drug-likeness (QED) is 0.650. The van der Waals surface area contributed by atoms with Crippen LogP contribution in [0, 0.1) is 5.82 Å². The maximum Gasteiger partial charge on any atom is 0.244 e. The van der Waals surface area contributed by atoms with Gasteiger partial charge in [-0.15, -0.1) is 0 Å². The minimum absolute atomic E-state index is 0.215. The van der Waals surface area contributed by atoms with Crippen molar-refractivity contribution in [2.24, 2.45) is 0 Å². The molecule has 1 N–H and O–H groups in total. The van der Waals surface area contributed by atoms with E-state index in [-0.39, 0.29) is 12.1 Å². The van der Waals surface area contributed by atoms with Crippen molar-refractivity contribution in [3.63, 3.8) is 0 Å². The Bertz CT molecular complexity index is 979. The third-order valence-corrected chi connectivity index (χ3v) is 5.85. The Morgan fingerprint density at radius 1 is 1.13 bits per heavy atom. The van der Waals surface area contributed by atoms with Gasteiger partial charge in [0, 0.05) is 5.56 Å². The van der Waals surface area contributed by atoms with Gasteiger partial charge in [-0.1, -0.05) is 6.92 Å². The number of nitrogens with one attached hydrogen (secondary N) is 1. The fourth-order valence-electron chi connectivity index (χ4n) is 3.21. The summed E-state index contributed by atoms with van der Waals surface area (Å²) in [5.41, 5.74) is 0.903. The summed E-state index contributed by atoms with van der Waals surface area (Å²) in [7, 11) is -0.747. The number of ether oxygens (including phenoxy) is 2. The third-order valence-electron chi connectivity index (χ3n) is 4.67. The predicted octanol–water partition coefficient (Wildman–Crippen LogP) is 3.26. The summed E-state index contributed by atoms with van der Waals surface area (Å²) < 4.78 is 49.9. The van der Waals surface area contributed by atoms with Crippen LogP contribution in [0.3, 0.4) is 0 Å². The zero-order valence-corrected chi connectivity index (χ0v) is 18.5. The SMILES string of the molecule is CC[C@H](C(=O)N[C@H](C)c1cc(OC)ccc1OC)N(c1ccc(F)cc1)S(C)(=O)=O. The van der Waals surface area contributed by atoms with E-state index in [0.717, 1.165) is 22.7 Å².